The Morgan fingerprint density at radius 1 is 1.07 bits per heavy atom. The number of nitrogen functional groups attached to an aromatic ring is 1. The van der Waals surface area contributed by atoms with E-state index in [1.807, 2.05) is 24.3 Å². The summed E-state index contributed by atoms with van der Waals surface area (Å²) in [4.78, 5) is 23.3. The van der Waals surface area contributed by atoms with E-state index < -0.39 is 10.9 Å². The van der Waals surface area contributed by atoms with Crippen LogP contribution in [0.3, 0.4) is 0 Å². The second kappa shape index (κ2) is 8.45. The van der Waals surface area contributed by atoms with Gasteiger partial charge in [0.05, 0.1) is 15.4 Å². The van der Waals surface area contributed by atoms with E-state index in [1.165, 1.54) is 30.0 Å². The van der Waals surface area contributed by atoms with Gasteiger partial charge in [-0.2, -0.15) is 0 Å². The van der Waals surface area contributed by atoms with Crippen molar-refractivity contribution in [3.8, 4) is 0 Å². The first-order valence-electron chi connectivity index (χ1n) is 8.31. The normalized spacial score (nSPS) is 10.4. The van der Waals surface area contributed by atoms with Crippen molar-refractivity contribution in [1.29, 1.82) is 0 Å². The maximum atomic E-state index is 11.5. The quantitative estimate of drug-likeness (QED) is 0.303. The number of hydrogen-bond acceptors (Lipinski definition) is 6. The number of nitrogens with one attached hydrogen (secondary N) is 1. The molecule has 0 aliphatic rings. The summed E-state index contributed by atoms with van der Waals surface area (Å²) in [7, 11) is 0. The lowest BCUT2D eigenvalue weighted by molar-refractivity contribution is -0.387. The van der Waals surface area contributed by atoms with Gasteiger partial charge in [0.15, 0.2) is 0 Å². The molecule has 0 aliphatic heterocycles. The third-order valence-electron chi connectivity index (χ3n) is 3.99. The molecule has 0 heterocycles. The van der Waals surface area contributed by atoms with Crippen LogP contribution in [-0.4, -0.2) is 16.0 Å². The SMILES string of the molecule is Nc1ccccc1Sc1ccc(CNc2ccc(C(=O)O)cc2)cc1[N+](=O)[O-]. The summed E-state index contributed by atoms with van der Waals surface area (Å²) in [6, 6.07) is 18.6. The fourth-order valence-electron chi connectivity index (χ4n) is 2.53. The highest BCUT2D eigenvalue weighted by Crippen LogP contribution is 2.37. The number of nitrogens with zero attached hydrogens (tertiary/aromatic N) is 1. The lowest BCUT2D eigenvalue weighted by Gasteiger charge is -2.09. The highest BCUT2D eigenvalue weighted by molar-refractivity contribution is 7.99. The van der Waals surface area contributed by atoms with E-state index in [0.717, 1.165) is 16.1 Å². The van der Waals surface area contributed by atoms with Gasteiger partial charge in [-0.1, -0.05) is 30.0 Å². The number of carbonyl (C=O) groups is 1. The van der Waals surface area contributed by atoms with Crippen LogP contribution in [0.15, 0.2) is 76.5 Å². The number of aromatic carboxylic acids is 1. The van der Waals surface area contributed by atoms with E-state index in [2.05, 4.69) is 5.32 Å². The molecule has 3 rings (SSSR count). The van der Waals surface area contributed by atoms with E-state index >= 15 is 0 Å². The molecule has 0 amide bonds. The fraction of sp³-hybridized carbons (Fsp3) is 0.0500. The van der Waals surface area contributed by atoms with Crippen molar-refractivity contribution >= 4 is 34.8 Å². The highest BCUT2D eigenvalue weighted by Gasteiger charge is 2.16. The van der Waals surface area contributed by atoms with E-state index in [1.54, 1.807) is 24.3 Å². The van der Waals surface area contributed by atoms with Crippen molar-refractivity contribution < 1.29 is 14.8 Å². The molecular formula is C20H17N3O4S. The summed E-state index contributed by atoms with van der Waals surface area (Å²) in [6.07, 6.45) is 0. The van der Waals surface area contributed by atoms with Crippen LogP contribution in [0.4, 0.5) is 17.1 Å². The summed E-state index contributed by atoms with van der Waals surface area (Å²) in [5.41, 5.74) is 8.16. The molecule has 4 N–H and O–H groups in total. The third-order valence-corrected chi connectivity index (χ3v) is 5.14. The number of carboxylic acids is 1. The maximum Gasteiger partial charge on any atom is 0.335 e. The van der Waals surface area contributed by atoms with E-state index in [4.69, 9.17) is 10.8 Å². The lowest BCUT2D eigenvalue weighted by atomic mass is 10.2. The van der Waals surface area contributed by atoms with Crippen LogP contribution in [0.1, 0.15) is 15.9 Å². The Labute approximate surface area is 165 Å². The van der Waals surface area contributed by atoms with Crippen LogP contribution in [-0.2, 0) is 6.54 Å². The monoisotopic (exact) mass is 395 g/mol. The number of rotatable bonds is 7. The molecule has 0 bridgehead atoms. The standard InChI is InChI=1S/C20H17N3O4S/c21-16-3-1-2-4-18(16)28-19-10-5-13(11-17(19)23(26)27)12-22-15-8-6-14(7-9-15)20(24)25/h1-11,22H,12,21H2,(H,24,25). The van der Waals surface area contributed by atoms with E-state index in [-0.39, 0.29) is 11.3 Å². The summed E-state index contributed by atoms with van der Waals surface area (Å²) in [5.74, 6) is -0.991. The molecule has 3 aromatic rings. The van der Waals surface area contributed by atoms with Crippen molar-refractivity contribution in [1.82, 2.24) is 0 Å². The first kappa shape index (κ1) is 19.2. The molecule has 0 unspecified atom stereocenters. The zero-order valence-electron chi connectivity index (χ0n) is 14.7. The van der Waals surface area contributed by atoms with Gasteiger partial charge in [-0.15, -0.1) is 0 Å². The van der Waals surface area contributed by atoms with Crippen LogP contribution in [0.25, 0.3) is 0 Å². The summed E-state index contributed by atoms with van der Waals surface area (Å²) in [5, 5.41) is 23.6. The van der Waals surface area contributed by atoms with Crippen molar-refractivity contribution in [3.05, 3.63) is 88.0 Å². The van der Waals surface area contributed by atoms with Crippen LogP contribution < -0.4 is 11.1 Å². The van der Waals surface area contributed by atoms with Gasteiger partial charge >= 0.3 is 5.97 Å². The number of para-hydroxylation sites is 1. The zero-order valence-corrected chi connectivity index (χ0v) is 15.5. The Morgan fingerprint density at radius 2 is 1.79 bits per heavy atom. The number of benzene rings is 3. The smallest absolute Gasteiger partial charge is 0.335 e. The highest BCUT2D eigenvalue weighted by atomic mass is 32.2. The van der Waals surface area contributed by atoms with Gasteiger partial charge in [-0.25, -0.2) is 4.79 Å². The number of nitrogens with two attached hydrogens (primary N) is 1. The Hall–Kier alpha value is -3.52. The Balaban J connectivity index is 1.76. The fourth-order valence-corrected chi connectivity index (χ4v) is 3.47. The first-order valence-corrected chi connectivity index (χ1v) is 9.12. The van der Waals surface area contributed by atoms with Gasteiger partial charge in [-0.3, -0.25) is 10.1 Å². The number of carboxylic acid groups (broad SMARTS) is 1. The molecule has 0 aliphatic carbocycles. The average Bonchev–Trinajstić information content (AvgIpc) is 2.69. The van der Waals surface area contributed by atoms with Gasteiger partial charge in [0.1, 0.15) is 0 Å². The predicted molar refractivity (Wildman–Crippen MR) is 109 cm³/mol. The van der Waals surface area contributed by atoms with Gasteiger partial charge in [0, 0.05) is 28.9 Å². The van der Waals surface area contributed by atoms with Crippen molar-refractivity contribution in [2.24, 2.45) is 0 Å². The Kier molecular flexibility index (Phi) is 5.81. The van der Waals surface area contributed by atoms with Crippen molar-refractivity contribution in [2.75, 3.05) is 11.1 Å². The minimum atomic E-state index is -0.991. The predicted octanol–water partition coefficient (Wildman–Crippen LogP) is 4.64. The molecule has 0 saturated carbocycles. The van der Waals surface area contributed by atoms with Crippen molar-refractivity contribution in [2.45, 2.75) is 16.3 Å². The van der Waals surface area contributed by atoms with Gasteiger partial charge in [0.2, 0.25) is 0 Å². The second-order valence-electron chi connectivity index (χ2n) is 5.94. The van der Waals surface area contributed by atoms with Gasteiger partial charge in [-0.05, 0) is 48.0 Å². The third kappa shape index (κ3) is 4.60. The second-order valence-corrected chi connectivity index (χ2v) is 7.02. The molecule has 0 fully saturated rings. The Bertz CT molecular complexity index is 1020. The van der Waals surface area contributed by atoms with Crippen LogP contribution >= 0.6 is 11.8 Å². The first-order chi connectivity index (χ1) is 13.4. The molecule has 8 heteroatoms. The summed E-state index contributed by atoms with van der Waals surface area (Å²) in [6.45, 7) is 0.367. The number of nitro benzene ring substituents is 1. The van der Waals surface area contributed by atoms with Gasteiger partial charge < -0.3 is 16.2 Å². The van der Waals surface area contributed by atoms with Crippen LogP contribution in [0, 0.1) is 10.1 Å². The maximum absolute atomic E-state index is 11.5. The number of hydrogen-bond donors (Lipinski definition) is 3. The molecule has 0 spiro atoms. The largest absolute Gasteiger partial charge is 0.478 e. The minimum absolute atomic E-state index is 0.00813. The molecule has 7 nitrogen and oxygen atoms in total. The topological polar surface area (TPSA) is 118 Å². The van der Waals surface area contributed by atoms with E-state index in [0.29, 0.717) is 17.1 Å². The summed E-state index contributed by atoms with van der Waals surface area (Å²) < 4.78 is 0. The van der Waals surface area contributed by atoms with E-state index in [9.17, 15) is 14.9 Å². The molecule has 0 saturated heterocycles. The van der Waals surface area contributed by atoms with Gasteiger partial charge in [0.25, 0.3) is 5.69 Å². The van der Waals surface area contributed by atoms with Crippen molar-refractivity contribution in [3.63, 3.8) is 0 Å². The molecule has 28 heavy (non-hydrogen) atoms. The molecule has 142 valence electrons. The lowest BCUT2D eigenvalue weighted by Crippen LogP contribution is -2.02. The molecule has 0 atom stereocenters. The zero-order chi connectivity index (χ0) is 20.1. The number of nitro groups is 1. The Morgan fingerprint density at radius 3 is 2.43 bits per heavy atom. The minimum Gasteiger partial charge on any atom is -0.478 e. The number of anilines is 2. The molecule has 3 aromatic carbocycles. The summed E-state index contributed by atoms with van der Waals surface area (Å²) >= 11 is 1.25. The average molecular weight is 395 g/mol. The van der Waals surface area contributed by atoms with Crippen LogP contribution in [0.2, 0.25) is 0 Å². The molecule has 0 radical (unpaired) electrons. The molecule has 0 aromatic heterocycles. The molecular weight excluding hydrogens is 378 g/mol. The van der Waals surface area contributed by atoms with Crippen LogP contribution in [0.5, 0.6) is 0 Å².